The van der Waals surface area contributed by atoms with Gasteiger partial charge in [0.1, 0.15) is 23.4 Å². The van der Waals surface area contributed by atoms with Crippen LogP contribution in [0.5, 0.6) is 17.2 Å². The molecule has 1 aliphatic heterocycles. The van der Waals surface area contributed by atoms with Crippen molar-refractivity contribution in [2.24, 2.45) is 0 Å². The van der Waals surface area contributed by atoms with Gasteiger partial charge in [-0.3, -0.25) is 9.69 Å². The number of carbonyl (C=O) groups excluding carboxylic acids is 1. The molecular weight excluding hydrogens is 368 g/mol. The van der Waals surface area contributed by atoms with Crippen LogP contribution in [-0.4, -0.2) is 44.2 Å². The monoisotopic (exact) mass is 398 g/mol. The number of carbonyl (C=O) groups is 1. The van der Waals surface area contributed by atoms with Gasteiger partial charge >= 0.3 is 0 Å². The highest BCUT2D eigenvalue weighted by molar-refractivity contribution is 5.78. The number of hydrogen-bond acceptors (Lipinski definition) is 5. The average Bonchev–Trinajstić information content (AvgIpc) is 3.05. The maximum Gasteiger partial charge on any atom is 0.234 e. The zero-order valence-electron chi connectivity index (χ0n) is 17.7. The molecule has 0 aliphatic carbocycles. The highest BCUT2D eigenvalue weighted by atomic mass is 16.5. The zero-order chi connectivity index (χ0) is 20.8. The number of methoxy groups -OCH3 is 1. The predicted octanol–water partition coefficient (Wildman–Crippen LogP) is 3.17. The van der Waals surface area contributed by atoms with Gasteiger partial charge in [-0.1, -0.05) is 12.1 Å². The molecule has 6 nitrogen and oxygen atoms in total. The van der Waals surface area contributed by atoms with E-state index in [-0.39, 0.29) is 12.0 Å². The molecule has 6 heteroatoms. The molecule has 2 aromatic rings. The summed E-state index contributed by atoms with van der Waals surface area (Å²) >= 11 is 0. The second-order valence-electron chi connectivity index (χ2n) is 7.43. The first-order valence-corrected chi connectivity index (χ1v) is 10.0. The SMILES string of the molecule is CCOc1cc2c(cc1CNC(=O)CN(C)Cc1ccc(OC)cc1)O[C@@H](C)C2. The lowest BCUT2D eigenvalue weighted by molar-refractivity contribution is -0.122. The molecule has 0 unspecified atom stereocenters. The number of nitrogens with one attached hydrogen (secondary N) is 1. The maximum atomic E-state index is 12.4. The minimum atomic E-state index is -0.0294. The van der Waals surface area contributed by atoms with E-state index in [0.29, 0.717) is 26.2 Å². The molecule has 0 radical (unpaired) electrons. The van der Waals surface area contributed by atoms with Crippen molar-refractivity contribution in [3.05, 3.63) is 53.1 Å². The van der Waals surface area contributed by atoms with E-state index >= 15 is 0 Å². The largest absolute Gasteiger partial charge is 0.497 e. The number of likely N-dealkylation sites (N-methyl/N-ethyl adjacent to an activating group) is 1. The summed E-state index contributed by atoms with van der Waals surface area (Å²) in [5, 5.41) is 3.00. The van der Waals surface area contributed by atoms with Crippen molar-refractivity contribution in [3.8, 4) is 17.2 Å². The lowest BCUT2D eigenvalue weighted by Gasteiger charge is -2.17. The molecule has 1 N–H and O–H groups in total. The van der Waals surface area contributed by atoms with Crippen LogP contribution in [0.1, 0.15) is 30.5 Å². The number of benzene rings is 2. The van der Waals surface area contributed by atoms with Gasteiger partial charge in [0.25, 0.3) is 0 Å². The van der Waals surface area contributed by atoms with Crippen LogP contribution < -0.4 is 19.5 Å². The first kappa shape index (κ1) is 21.0. The summed E-state index contributed by atoms with van der Waals surface area (Å²) in [5.41, 5.74) is 3.23. The highest BCUT2D eigenvalue weighted by Gasteiger charge is 2.22. The Bertz CT molecular complexity index is 836. The molecule has 0 bridgehead atoms. The molecule has 2 aromatic carbocycles. The second kappa shape index (κ2) is 9.65. The molecule has 29 heavy (non-hydrogen) atoms. The first-order valence-electron chi connectivity index (χ1n) is 10.0. The molecule has 1 aliphatic rings. The van der Waals surface area contributed by atoms with Gasteiger partial charge in [0.15, 0.2) is 0 Å². The molecule has 1 heterocycles. The van der Waals surface area contributed by atoms with Crippen LogP contribution in [-0.2, 0) is 24.3 Å². The summed E-state index contributed by atoms with van der Waals surface area (Å²) in [6.45, 7) is 6.01. The van der Waals surface area contributed by atoms with E-state index in [9.17, 15) is 4.79 Å². The Morgan fingerprint density at radius 3 is 2.72 bits per heavy atom. The third-order valence-corrected chi connectivity index (χ3v) is 4.88. The van der Waals surface area contributed by atoms with Gasteiger partial charge in [-0.2, -0.15) is 0 Å². The van der Waals surface area contributed by atoms with Crippen LogP contribution in [0.4, 0.5) is 0 Å². The van der Waals surface area contributed by atoms with Gasteiger partial charge in [0, 0.05) is 30.6 Å². The Labute approximate surface area is 172 Å². The van der Waals surface area contributed by atoms with Crippen LogP contribution in [0, 0.1) is 0 Å². The van der Waals surface area contributed by atoms with E-state index in [0.717, 1.165) is 40.4 Å². The number of fused-ring (bicyclic) bond motifs is 1. The summed E-state index contributed by atoms with van der Waals surface area (Å²) < 4.78 is 16.8. The number of hydrogen-bond donors (Lipinski definition) is 1. The zero-order valence-corrected chi connectivity index (χ0v) is 17.7. The summed E-state index contributed by atoms with van der Waals surface area (Å²) in [5.74, 6) is 2.50. The number of rotatable bonds is 9. The number of ether oxygens (including phenoxy) is 3. The Hall–Kier alpha value is -2.73. The standard InChI is InChI=1S/C23H30N2O4/c1-5-28-21-11-18-10-16(2)29-22(18)12-19(21)13-24-23(26)15-25(3)14-17-6-8-20(27-4)9-7-17/h6-9,11-12,16H,5,10,13-15H2,1-4H3,(H,24,26)/t16-/m0/s1. The molecule has 0 spiro atoms. The van der Waals surface area contributed by atoms with Gasteiger partial charge < -0.3 is 19.5 Å². The topological polar surface area (TPSA) is 60.0 Å². The average molecular weight is 399 g/mol. The summed E-state index contributed by atoms with van der Waals surface area (Å²) in [7, 11) is 3.58. The fourth-order valence-electron chi connectivity index (χ4n) is 3.50. The lowest BCUT2D eigenvalue weighted by Crippen LogP contribution is -2.34. The van der Waals surface area contributed by atoms with Gasteiger partial charge in [-0.05, 0) is 50.7 Å². The summed E-state index contributed by atoms with van der Waals surface area (Å²) in [6, 6.07) is 11.9. The summed E-state index contributed by atoms with van der Waals surface area (Å²) in [4.78, 5) is 14.4. The molecule has 1 amide bonds. The Kier molecular flexibility index (Phi) is 6.99. The Balaban J connectivity index is 1.55. The molecule has 0 saturated carbocycles. The van der Waals surface area contributed by atoms with Gasteiger partial charge in [0.05, 0.1) is 20.3 Å². The van der Waals surface area contributed by atoms with Crippen molar-refractivity contribution in [3.63, 3.8) is 0 Å². The van der Waals surface area contributed by atoms with Crippen molar-refractivity contribution < 1.29 is 19.0 Å². The predicted molar refractivity (Wildman–Crippen MR) is 113 cm³/mol. The van der Waals surface area contributed by atoms with Crippen LogP contribution in [0.2, 0.25) is 0 Å². The van der Waals surface area contributed by atoms with Crippen molar-refractivity contribution in [1.82, 2.24) is 10.2 Å². The van der Waals surface area contributed by atoms with E-state index < -0.39 is 0 Å². The normalized spacial score (nSPS) is 15.0. The fourth-order valence-corrected chi connectivity index (χ4v) is 3.50. The first-order chi connectivity index (χ1) is 14.0. The molecule has 1 atom stereocenters. The van der Waals surface area contributed by atoms with E-state index in [2.05, 4.69) is 12.2 Å². The quantitative estimate of drug-likeness (QED) is 0.703. The van der Waals surface area contributed by atoms with E-state index in [4.69, 9.17) is 14.2 Å². The molecular formula is C23H30N2O4. The smallest absolute Gasteiger partial charge is 0.234 e. The highest BCUT2D eigenvalue weighted by Crippen LogP contribution is 2.35. The van der Waals surface area contributed by atoms with Crippen LogP contribution in [0.25, 0.3) is 0 Å². The molecule has 156 valence electrons. The minimum absolute atomic E-state index is 0.0294. The van der Waals surface area contributed by atoms with Crippen molar-refractivity contribution in [2.75, 3.05) is 27.3 Å². The Morgan fingerprint density at radius 2 is 2.03 bits per heavy atom. The van der Waals surface area contributed by atoms with Gasteiger partial charge in [0.2, 0.25) is 5.91 Å². The van der Waals surface area contributed by atoms with Crippen LogP contribution >= 0.6 is 0 Å². The minimum Gasteiger partial charge on any atom is -0.497 e. The fraction of sp³-hybridized carbons (Fsp3) is 0.435. The number of amides is 1. The third-order valence-electron chi connectivity index (χ3n) is 4.88. The molecule has 0 aromatic heterocycles. The Morgan fingerprint density at radius 1 is 1.28 bits per heavy atom. The van der Waals surface area contributed by atoms with E-state index in [1.54, 1.807) is 7.11 Å². The van der Waals surface area contributed by atoms with Gasteiger partial charge in [-0.15, -0.1) is 0 Å². The lowest BCUT2D eigenvalue weighted by atomic mass is 10.1. The van der Waals surface area contributed by atoms with E-state index in [1.807, 2.05) is 55.3 Å². The van der Waals surface area contributed by atoms with Crippen molar-refractivity contribution >= 4 is 5.91 Å². The van der Waals surface area contributed by atoms with Crippen LogP contribution in [0.15, 0.2) is 36.4 Å². The molecule has 0 fully saturated rings. The van der Waals surface area contributed by atoms with E-state index in [1.165, 1.54) is 0 Å². The van der Waals surface area contributed by atoms with Crippen molar-refractivity contribution in [1.29, 1.82) is 0 Å². The third kappa shape index (κ3) is 5.64. The summed E-state index contributed by atoms with van der Waals surface area (Å²) in [6.07, 6.45) is 1.06. The second-order valence-corrected chi connectivity index (χ2v) is 7.43. The molecule has 3 rings (SSSR count). The maximum absolute atomic E-state index is 12.4. The van der Waals surface area contributed by atoms with Gasteiger partial charge in [-0.25, -0.2) is 0 Å². The number of nitrogens with zero attached hydrogens (tertiary/aromatic N) is 1. The van der Waals surface area contributed by atoms with Crippen molar-refractivity contribution in [2.45, 2.75) is 39.5 Å². The molecule has 0 saturated heterocycles. The van der Waals surface area contributed by atoms with Crippen LogP contribution in [0.3, 0.4) is 0 Å².